The fraction of sp³-hybridized carbons (Fsp3) is 0.200. The predicted molar refractivity (Wildman–Crippen MR) is 51.2 cm³/mol. The maximum Gasteiger partial charge on any atom is 0.257 e. The van der Waals surface area contributed by atoms with Crippen molar-refractivity contribution in [3.63, 3.8) is 0 Å². The maximum absolute atomic E-state index is 11.7. The molecule has 14 heavy (non-hydrogen) atoms. The van der Waals surface area contributed by atoms with Crippen molar-refractivity contribution in [3.05, 3.63) is 29.3 Å². The SMILES string of the molecule is N#CCN1Cc2cccc(N)c2C1=O. The lowest BCUT2D eigenvalue weighted by Crippen LogP contribution is -2.24. The Kier molecular flexibility index (Phi) is 1.86. The Bertz CT molecular complexity index is 433. The summed E-state index contributed by atoms with van der Waals surface area (Å²) in [7, 11) is 0. The van der Waals surface area contributed by atoms with Gasteiger partial charge >= 0.3 is 0 Å². The van der Waals surface area contributed by atoms with Gasteiger partial charge in [0.15, 0.2) is 0 Å². The molecule has 0 saturated carbocycles. The minimum atomic E-state index is -0.139. The van der Waals surface area contributed by atoms with Gasteiger partial charge in [-0.05, 0) is 11.6 Å². The number of nitrogen functional groups attached to an aromatic ring is 1. The van der Waals surface area contributed by atoms with Gasteiger partial charge in [-0.2, -0.15) is 5.26 Å². The highest BCUT2D eigenvalue weighted by molar-refractivity contribution is 6.03. The molecule has 0 fully saturated rings. The summed E-state index contributed by atoms with van der Waals surface area (Å²) in [6.45, 7) is 0.611. The zero-order valence-corrected chi connectivity index (χ0v) is 7.53. The number of anilines is 1. The van der Waals surface area contributed by atoms with Crippen LogP contribution in [0.2, 0.25) is 0 Å². The van der Waals surface area contributed by atoms with Gasteiger partial charge in [0.25, 0.3) is 5.91 Å². The molecule has 1 heterocycles. The lowest BCUT2D eigenvalue weighted by molar-refractivity contribution is 0.0799. The van der Waals surface area contributed by atoms with Gasteiger partial charge in [0.2, 0.25) is 0 Å². The summed E-state index contributed by atoms with van der Waals surface area (Å²) in [5, 5.41) is 8.52. The first-order chi connectivity index (χ1) is 6.74. The Morgan fingerprint density at radius 1 is 1.57 bits per heavy atom. The number of hydrogen-bond donors (Lipinski definition) is 1. The van der Waals surface area contributed by atoms with Gasteiger partial charge in [-0.1, -0.05) is 12.1 Å². The smallest absolute Gasteiger partial charge is 0.257 e. The molecule has 1 aromatic rings. The molecule has 0 saturated heterocycles. The zero-order chi connectivity index (χ0) is 10.1. The van der Waals surface area contributed by atoms with E-state index in [4.69, 9.17) is 11.0 Å². The highest BCUT2D eigenvalue weighted by atomic mass is 16.2. The van der Waals surface area contributed by atoms with E-state index >= 15 is 0 Å². The average Bonchev–Trinajstić information content (AvgIpc) is 2.46. The number of amides is 1. The van der Waals surface area contributed by atoms with Crippen molar-refractivity contribution in [1.29, 1.82) is 5.26 Å². The van der Waals surface area contributed by atoms with Crippen molar-refractivity contribution in [2.45, 2.75) is 6.54 Å². The maximum atomic E-state index is 11.7. The first-order valence-corrected chi connectivity index (χ1v) is 4.27. The fourth-order valence-electron chi connectivity index (χ4n) is 1.66. The standard InChI is InChI=1S/C10H9N3O/c11-4-5-13-6-7-2-1-3-8(12)9(7)10(13)14/h1-3H,5-6,12H2. The van der Waals surface area contributed by atoms with Crippen molar-refractivity contribution < 1.29 is 4.79 Å². The van der Waals surface area contributed by atoms with Crippen LogP contribution in [0.1, 0.15) is 15.9 Å². The van der Waals surface area contributed by atoms with Crippen molar-refractivity contribution in [1.82, 2.24) is 4.90 Å². The van der Waals surface area contributed by atoms with Gasteiger partial charge in [0, 0.05) is 12.2 Å². The molecule has 0 aromatic heterocycles. The molecular weight excluding hydrogens is 178 g/mol. The molecule has 0 bridgehead atoms. The third-order valence-corrected chi connectivity index (χ3v) is 2.31. The highest BCUT2D eigenvalue weighted by Gasteiger charge is 2.28. The lowest BCUT2D eigenvalue weighted by Gasteiger charge is -2.09. The van der Waals surface area contributed by atoms with Crippen molar-refractivity contribution in [2.75, 3.05) is 12.3 Å². The van der Waals surface area contributed by atoms with Crippen LogP contribution in [0.15, 0.2) is 18.2 Å². The molecule has 0 spiro atoms. The molecule has 0 unspecified atom stereocenters. The van der Waals surface area contributed by atoms with E-state index in [-0.39, 0.29) is 12.5 Å². The quantitative estimate of drug-likeness (QED) is 0.521. The molecule has 4 heteroatoms. The summed E-state index contributed by atoms with van der Waals surface area (Å²) in [5.74, 6) is -0.139. The van der Waals surface area contributed by atoms with Crippen LogP contribution in [0.4, 0.5) is 5.69 Å². The Balaban J connectivity index is 2.42. The molecule has 0 atom stereocenters. The van der Waals surface area contributed by atoms with E-state index < -0.39 is 0 Å². The molecule has 1 aromatic carbocycles. The second-order valence-corrected chi connectivity index (χ2v) is 3.20. The summed E-state index contributed by atoms with van der Waals surface area (Å²) in [6, 6.07) is 7.34. The molecule has 70 valence electrons. The molecule has 1 amide bonds. The highest BCUT2D eigenvalue weighted by Crippen LogP contribution is 2.26. The monoisotopic (exact) mass is 187 g/mol. The number of nitriles is 1. The Labute approximate surface area is 81.5 Å². The molecule has 2 rings (SSSR count). The van der Waals surface area contributed by atoms with Crippen LogP contribution in [-0.2, 0) is 6.54 Å². The van der Waals surface area contributed by atoms with Crippen LogP contribution in [0.5, 0.6) is 0 Å². The molecule has 1 aliphatic heterocycles. The molecular formula is C10H9N3O. The summed E-state index contributed by atoms with van der Waals surface area (Å²) in [5.41, 5.74) is 7.65. The summed E-state index contributed by atoms with van der Waals surface area (Å²) in [4.78, 5) is 13.2. The summed E-state index contributed by atoms with van der Waals surface area (Å²) < 4.78 is 0. The van der Waals surface area contributed by atoms with Gasteiger partial charge in [-0.15, -0.1) is 0 Å². The van der Waals surface area contributed by atoms with Crippen molar-refractivity contribution in [3.8, 4) is 6.07 Å². The second kappa shape index (κ2) is 3.04. The van der Waals surface area contributed by atoms with Gasteiger partial charge in [-0.3, -0.25) is 4.79 Å². The fourth-order valence-corrected chi connectivity index (χ4v) is 1.66. The van der Waals surface area contributed by atoms with Crippen molar-refractivity contribution >= 4 is 11.6 Å². The Hall–Kier alpha value is -2.02. The van der Waals surface area contributed by atoms with Gasteiger partial charge in [0.05, 0.1) is 11.6 Å². The summed E-state index contributed by atoms with van der Waals surface area (Å²) >= 11 is 0. The van der Waals surface area contributed by atoms with Crippen LogP contribution in [0, 0.1) is 11.3 Å². The topological polar surface area (TPSA) is 70.1 Å². The predicted octanol–water partition coefficient (Wildman–Crippen LogP) is 0.748. The van der Waals surface area contributed by atoms with E-state index in [0.717, 1.165) is 5.56 Å². The molecule has 0 aliphatic carbocycles. The van der Waals surface area contributed by atoms with Crippen LogP contribution >= 0.6 is 0 Å². The van der Waals surface area contributed by atoms with E-state index in [1.54, 1.807) is 6.07 Å². The number of carbonyl (C=O) groups is 1. The number of benzene rings is 1. The molecule has 2 N–H and O–H groups in total. The molecule has 4 nitrogen and oxygen atoms in total. The number of carbonyl (C=O) groups excluding carboxylic acids is 1. The van der Waals surface area contributed by atoms with Gasteiger partial charge < -0.3 is 10.6 Å². The van der Waals surface area contributed by atoms with Gasteiger partial charge in [0.1, 0.15) is 6.54 Å². The van der Waals surface area contributed by atoms with Crippen LogP contribution in [0.3, 0.4) is 0 Å². The summed E-state index contributed by atoms with van der Waals surface area (Å²) in [6.07, 6.45) is 0. The van der Waals surface area contributed by atoms with Gasteiger partial charge in [-0.25, -0.2) is 0 Å². The van der Waals surface area contributed by atoms with E-state index in [1.807, 2.05) is 18.2 Å². The van der Waals surface area contributed by atoms with E-state index in [0.29, 0.717) is 17.8 Å². The Morgan fingerprint density at radius 2 is 2.36 bits per heavy atom. The average molecular weight is 187 g/mol. The third-order valence-electron chi connectivity index (χ3n) is 2.31. The molecule has 1 aliphatic rings. The Morgan fingerprint density at radius 3 is 3.00 bits per heavy atom. The molecule has 0 radical (unpaired) electrons. The van der Waals surface area contributed by atoms with Crippen molar-refractivity contribution in [2.24, 2.45) is 0 Å². The number of hydrogen-bond acceptors (Lipinski definition) is 3. The van der Waals surface area contributed by atoms with Crippen LogP contribution in [-0.4, -0.2) is 17.4 Å². The minimum Gasteiger partial charge on any atom is -0.398 e. The first-order valence-electron chi connectivity index (χ1n) is 4.27. The minimum absolute atomic E-state index is 0.118. The normalized spacial score (nSPS) is 13.9. The van der Waals surface area contributed by atoms with E-state index in [1.165, 1.54) is 4.90 Å². The number of nitrogens with two attached hydrogens (primary N) is 1. The zero-order valence-electron chi connectivity index (χ0n) is 7.53. The van der Waals surface area contributed by atoms with Crippen LogP contribution < -0.4 is 5.73 Å². The largest absolute Gasteiger partial charge is 0.398 e. The lowest BCUT2D eigenvalue weighted by atomic mass is 10.1. The van der Waals surface area contributed by atoms with Crippen LogP contribution in [0.25, 0.3) is 0 Å². The van der Waals surface area contributed by atoms with E-state index in [2.05, 4.69) is 0 Å². The number of rotatable bonds is 1. The first kappa shape index (κ1) is 8.57. The van der Waals surface area contributed by atoms with E-state index in [9.17, 15) is 4.79 Å². The number of nitrogens with zero attached hydrogens (tertiary/aromatic N) is 2. The second-order valence-electron chi connectivity index (χ2n) is 3.20. The third kappa shape index (κ3) is 1.11. The number of fused-ring (bicyclic) bond motifs is 1.